The monoisotopic (exact) mass is 314 g/mol. The third-order valence-corrected chi connectivity index (χ3v) is 4.81. The standard InChI is InChI=1S/C16H14N2O3S/c19-16(17-7-5-10-2-1-8-20-10)14-12-3-4-13-11(6-9-22-13)15(12)21-18-14/h1-2,6,8-9H,3-5,7H2,(H,17,19). The number of carbonyl (C=O) groups excluding carboxylic acids is 1. The maximum absolute atomic E-state index is 12.3. The maximum atomic E-state index is 12.3. The summed E-state index contributed by atoms with van der Waals surface area (Å²) in [6.45, 7) is 0.512. The van der Waals surface area contributed by atoms with Crippen LogP contribution in [0.3, 0.4) is 0 Å². The van der Waals surface area contributed by atoms with Gasteiger partial charge in [0.2, 0.25) is 0 Å². The Balaban J connectivity index is 1.48. The molecule has 5 nitrogen and oxygen atoms in total. The van der Waals surface area contributed by atoms with Crippen LogP contribution in [0.5, 0.6) is 0 Å². The summed E-state index contributed by atoms with van der Waals surface area (Å²) >= 11 is 1.72. The minimum Gasteiger partial charge on any atom is -0.469 e. The van der Waals surface area contributed by atoms with E-state index in [1.54, 1.807) is 17.6 Å². The highest BCUT2D eigenvalue weighted by Crippen LogP contribution is 2.37. The van der Waals surface area contributed by atoms with Crippen molar-refractivity contribution in [2.24, 2.45) is 0 Å². The normalized spacial score (nSPS) is 12.7. The van der Waals surface area contributed by atoms with Gasteiger partial charge in [-0.1, -0.05) is 5.16 Å². The van der Waals surface area contributed by atoms with Gasteiger partial charge in [-0.3, -0.25) is 4.79 Å². The van der Waals surface area contributed by atoms with Gasteiger partial charge in [-0.25, -0.2) is 0 Å². The quantitative estimate of drug-likeness (QED) is 0.803. The van der Waals surface area contributed by atoms with Crippen molar-refractivity contribution in [2.75, 3.05) is 6.54 Å². The van der Waals surface area contributed by atoms with E-state index in [1.807, 2.05) is 23.6 Å². The number of carbonyl (C=O) groups is 1. The van der Waals surface area contributed by atoms with Crippen molar-refractivity contribution in [3.8, 4) is 11.3 Å². The molecule has 0 bridgehead atoms. The molecule has 0 unspecified atom stereocenters. The summed E-state index contributed by atoms with van der Waals surface area (Å²) in [5.74, 6) is 1.42. The van der Waals surface area contributed by atoms with Crippen molar-refractivity contribution in [3.63, 3.8) is 0 Å². The van der Waals surface area contributed by atoms with Crippen LogP contribution in [-0.4, -0.2) is 17.6 Å². The SMILES string of the molecule is O=C(NCCc1ccco1)c1noc2c1CCc1sccc1-2. The van der Waals surface area contributed by atoms with E-state index in [2.05, 4.69) is 10.5 Å². The van der Waals surface area contributed by atoms with Crippen LogP contribution in [0.4, 0.5) is 0 Å². The first-order valence-electron chi connectivity index (χ1n) is 7.19. The molecule has 4 rings (SSSR count). The van der Waals surface area contributed by atoms with Crippen LogP contribution in [0.1, 0.15) is 26.7 Å². The summed E-state index contributed by atoms with van der Waals surface area (Å²) in [6, 6.07) is 5.76. The van der Waals surface area contributed by atoms with Crippen LogP contribution in [0.2, 0.25) is 0 Å². The molecule has 1 aliphatic rings. The molecule has 0 aromatic carbocycles. The maximum Gasteiger partial charge on any atom is 0.273 e. The van der Waals surface area contributed by atoms with Gasteiger partial charge in [0.25, 0.3) is 5.91 Å². The molecule has 1 aliphatic carbocycles. The molecule has 0 saturated heterocycles. The molecule has 0 radical (unpaired) electrons. The average Bonchev–Trinajstić information content (AvgIpc) is 3.25. The molecule has 3 heterocycles. The second-order valence-corrected chi connectivity index (χ2v) is 6.18. The van der Waals surface area contributed by atoms with Gasteiger partial charge in [0.05, 0.1) is 6.26 Å². The van der Waals surface area contributed by atoms with E-state index >= 15 is 0 Å². The van der Waals surface area contributed by atoms with Crippen LogP contribution >= 0.6 is 11.3 Å². The molecule has 3 aromatic rings. The van der Waals surface area contributed by atoms with Crippen molar-refractivity contribution < 1.29 is 13.7 Å². The summed E-state index contributed by atoms with van der Waals surface area (Å²) in [5.41, 5.74) is 2.40. The lowest BCUT2D eigenvalue weighted by Gasteiger charge is -2.10. The first-order valence-corrected chi connectivity index (χ1v) is 8.07. The fraction of sp³-hybridized carbons (Fsp3) is 0.250. The van der Waals surface area contributed by atoms with E-state index in [1.165, 1.54) is 4.88 Å². The van der Waals surface area contributed by atoms with Gasteiger partial charge >= 0.3 is 0 Å². The summed E-state index contributed by atoms with van der Waals surface area (Å²) in [5, 5.41) is 8.91. The third-order valence-electron chi connectivity index (χ3n) is 3.83. The Morgan fingerprint density at radius 3 is 3.18 bits per heavy atom. The van der Waals surface area contributed by atoms with Gasteiger partial charge in [0, 0.05) is 29.0 Å². The Morgan fingerprint density at radius 1 is 1.36 bits per heavy atom. The predicted octanol–water partition coefficient (Wildman–Crippen LogP) is 3.07. The molecule has 112 valence electrons. The van der Waals surface area contributed by atoms with Gasteiger partial charge in [-0.2, -0.15) is 0 Å². The number of aryl methyl sites for hydroxylation is 1. The third kappa shape index (κ3) is 2.25. The number of rotatable bonds is 4. The summed E-state index contributed by atoms with van der Waals surface area (Å²) in [4.78, 5) is 13.6. The molecule has 0 saturated carbocycles. The smallest absolute Gasteiger partial charge is 0.273 e. The number of furan rings is 1. The molecule has 0 spiro atoms. The van der Waals surface area contributed by atoms with E-state index in [0.29, 0.717) is 18.7 Å². The number of thiophene rings is 1. The van der Waals surface area contributed by atoms with Gasteiger partial charge in [0.1, 0.15) is 5.76 Å². The van der Waals surface area contributed by atoms with E-state index in [0.717, 1.165) is 35.5 Å². The highest BCUT2D eigenvalue weighted by atomic mass is 32.1. The van der Waals surface area contributed by atoms with Crippen LogP contribution in [0, 0.1) is 0 Å². The van der Waals surface area contributed by atoms with E-state index in [9.17, 15) is 4.79 Å². The second kappa shape index (κ2) is 5.46. The first-order chi connectivity index (χ1) is 10.8. The fourth-order valence-corrected chi connectivity index (χ4v) is 3.62. The number of amides is 1. The van der Waals surface area contributed by atoms with Crippen LogP contribution in [-0.2, 0) is 19.3 Å². The Labute approximate surface area is 130 Å². The van der Waals surface area contributed by atoms with Crippen LogP contribution in [0.25, 0.3) is 11.3 Å². The Kier molecular flexibility index (Phi) is 3.31. The number of fused-ring (bicyclic) bond motifs is 3. The lowest BCUT2D eigenvalue weighted by Crippen LogP contribution is -2.27. The zero-order valence-corrected chi connectivity index (χ0v) is 12.6. The molecule has 1 amide bonds. The predicted molar refractivity (Wildman–Crippen MR) is 82.0 cm³/mol. The highest BCUT2D eigenvalue weighted by Gasteiger charge is 2.28. The highest BCUT2D eigenvalue weighted by molar-refractivity contribution is 7.10. The molecule has 0 fully saturated rings. The van der Waals surface area contributed by atoms with Gasteiger partial charge in [0.15, 0.2) is 11.5 Å². The number of aromatic nitrogens is 1. The van der Waals surface area contributed by atoms with E-state index in [4.69, 9.17) is 8.94 Å². The molecule has 0 aliphatic heterocycles. The number of hydrogen-bond donors (Lipinski definition) is 1. The molecule has 3 aromatic heterocycles. The second-order valence-electron chi connectivity index (χ2n) is 5.18. The zero-order chi connectivity index (χ0) is 14.9. The average molecular weight is 314 g/mol. The first kappa shape index (κ1) is 13.3. The molecular weight excluding hydrogens is 300 g/mol. The lowest BCUT2D eigenvalue weighted by molar-refractivity contribution is 0.0944. The van der Waals surface area contributed by atoms with Gasteiger partial charge in [-0.15, -0.1) is 11.3 Å². The van der Waals surface area contributed by atoms with Crippen molar-refractivity contribution in [3.05, 3.63) is 51.7 Å². The molecule has 22 heavy (non-hydrogen) atoms. The van der Waals surface area contributed by atoms with Gasteiger partial charge < -0.3 is 14.3 Å². The zero-order valence-electron chi connectivity index (χ0n) is 11.8. The van der Waals surface area contributed by atoms with E-state index < -0.39 is 0 Å². The van der Waals surface area contributed by atoms with Crippen molar-refractivity contribution in [1.29, 1.82) is 0 Å². The number of nitrogens with one attached hydrogen (secondary N) is 1. The Morgan fingerprint density at radius 2 is 2.32 bits per heavy atom. The Bertz CT molecular complexity index is 801. The van der Waals surface area contributed by atoms with E-state index in [-0.39, 0.29) is 5.91 Å². The van der Waals surface area contributed by atoms with Crippen molar-refractivity contribution >= 4 is 17.2 Å². The summed E-state index contributed by atoms with van der Waals surface area (Å²) in [6.07, 6.45) is 4.03. The van der Waals surface area contributed by atoms with Gasteiger partial charge in [-0.05, 0) is 36.4 Å². The van der Waals surface area contributed by atoms with Crippen LogP contribution in [0.15, 0.2) is 38.8 Å². The molecule has 6 heteroatoms. The molecular formula is C16H14N2O3S. The van der Waals surface area contributed by atoms with Crippen molar-refractivity contribution in [1.82, 2.24) is 10.5 Å². The summed E-state index contributed by atoms with van der Waals surface area (Å²) < 4.78 is 10.7. The minimum absolute atomic E-state index is 0.185. The topological polar surface area (TPSA) is 68.3 Å². The molecule has 0 atom stereocenters. The van der Waals surface area contributed by atoms with Crippen molar-refractivity contribution in [2.45, 2.75) is 19.3 Å². The fourth-order valence-electron chi connectivity index (χ4n) is 2.74. The minimum atomic E-state index is -0.185. The molecule has 1 N–H and O–H groups in total. The largest absolute Gasteiger partial charge is 0.469 e. The number of nitrogens with zero attached hydrogens (tertiary/aromatic N) is 1. The Hall–Kier alpha value is -2.34. The lowest BCUT2D eigenvalue weighted by atomic mass is 9.95. The summed E-state index contributed by atoms with van der Waals surface area (Å²) in [7, 11) is 0. The van der Waals surface area contributed by atoms with Crippen LogP contribution < -0.4 is 5.32 Å². The number of hydrogen-bond acceptors (Lipinski definition) is 5.